The third kappa shape index (κ3) is 5.26. The Labute approximate surface area is 157 Å². The van der Waals surface area contributed by atoms with Crippen molar-refractivity contribution in [1.82, 2.24) is 4.98 Å². The largest absolute Gasteiger partial charge is 0.322 e. The smallest absolute Gasteiger partial charge is 0.261 e. The van der Waals surface area contributed by atoms with Gasteiger partial charge in [-0.25, -0.2) is 8.42 Å². The number of carbonyl (C=O) groups is 1. The van der Waals surface area contributed by atoms with Gasteiger partial charge in [0.2, 0.25) is 5.91 Å². The first-order valence-corrected chi connectivity index (χ1v) is 9.58. The molecule has 0 aliphatic carbocycles. The van der Waals surface area contributed by atoms with Crippen LogP contribution in [0.25, 0.3) is 6.08 Å². The molecule has 0 bridgehead atoms. The number of amides is 1. The van der Waals surface area contributed by atoms with E-state index < -0.39 is 10.0 Å². The first kappa shape index (κ1) is 18.3. The number of nitrogens with one attached hydrogen (secondary N) is 2. The zero-order valence-electron chi connectivity index (χ0n) is 14.2. The summed E-state index contributed by atoms with van der Waals surface area (Å²) in [6.07, 6.45) is 6.32. The van der Waals surface area contributed by atoms with Gasteiger partial charge in [-0.15, -0.1) is 0 Å². The molecule has 0 aliphatic heterocycles. The Kier molecular flexibility index (Phi) is 5.63. The quantitative estimate of drug-likeness (QED) is 0.641. The summed E-state index contributed by atoms with van der Waals surface area (Å²) in [6, 6.07) is 18.2. The Bertz CT molecular complexity index is 1050. The average molecular weight is 379 g/mol. The highest BCUT2D eigenvalue weighted by molar-refractivity contribution is 7.92. The van der Waals surface area contributed by atoms with Crippen molar-refractivity contribution in [2.24, 2.45) is 0 Å². The van der Waals surface area contributed by atoms with Gasteiger partial charge in [-0.3, -0.25) is 14.5 Å². The first-order valence-electron chi connectivity index (χ1n) is 8.10. The minimum atomic E-state index is -3.69. The van der Waals surface area contributed by atoms with Gasteiger partial charge in [0.25, 0.3) is 10.0 Å². The fourth-order valence-electron chi connectivity index (χ4n) is 2.30. The number of anilines is 2. The summed E-state index contributed by atoms with van der Waals surface area (Å²) in [5.41, 5.74) is 1.63. The van der Waals surface area contributed by atoms with E-state index in [4.69, 9.17) is 0 Å². The predicted molar refractivity (Wildman–Crippen MR) is 106 cm³/mol. The van der Waals surface area contributed by atoms with Crippen LogP contribution < -0.4 is 10.0 Å². The Morgan fingerprint density at radius 3 is 2.44 bits per heavy atom. The Hall–Kier alpha value is -3.45. The first-order chi connectivity index (χ1) is 13.0. The highest BCUT2D eigenvalue weighted by Gasteiger charge is 2.13. The molecule has 0 aliphatic rings. The zero-order valence-corrected chi connectivity index (χ0v) is 15.1. The molecule has 3 aromatic rings. The van der Waals surface area contributed by atoms with E-state index in [1.807, 2.05) is 6.07 Å². The van der Waals surface area contributed by atoms with Gasteiger partial charge in [0.05, 0.1) is 10.6 Å². The SMILES string of the molecule is O=C(C=Cc1cccnc1)Nc1cccc(NS(=O)(=O)c2ccccc2)c1. The Morgan fingerprint density at radius 2 is 1.70 bits per heavy atom. The molecule has 0 unspecified atom stereocenters. The summed E-state index contributed by atoms with van der Waals surface area (Å²) in [5.74, 6) is -0.332. The van der Waals surface area contributed by atoms with Crippen LogP contribution in [0.3, 0.4) is 0 Å². The summed E-state index contributed by atoms with van der Waals surface area (Å²) in [4.78, 5) is 16.2. The lowest BCUT2D eigenvalue weighted by Gasteiger charge is -2.09. The molecule has 0 saturated heterocycles. The maximum absolute atomic E-state index is 12.4. The summed E-state index contributed by atoms with van der Waals surface area (Å²) in [7, 11) is -3.69. The number of pyridine rings is 1. The van der Waals surface area contributed by atoms with E-state index in [0.717, 1.165) is 5.56 Å². The van der Waals surface area contributed by atoms with Crippen molar-refractivity contribution in [2.45, 2.75) is 4.90 Å². The maximum Gasteiger partial charge on any atom is 0.261 e. The van der Waals surface area contributed by atoms with Crippen molar-refractivity contribution in [2.75, 3.05) is 10.0 Å². The number of carbonyl (C=O) groups excluding carboxylic acids is 1. The maximum atomic E-state index is 12.4. The van der Waals surface area contributed by atoms with Crippen LogP contribution >= 0.6 is 0 Å². The van der Waals surface area contributed by atoms with E-state index in [9.17, 15) is 13.2 Å². The van der Waals surface area contributed by atoms with E-state index in [0.29, 0.717) is 11.4 Å². The van der Waals surface area contributed by atoms with Crippen LogP contribution in [0.4, 0.5) is 11.4 Å². The minimum absolute atomic E-state index is 0.166. The molecule has 0 radical (unpaired) electrons. The van der Waals surface area contributed by atoms with Crippen molar-refractivity contribution >= 4 is 33.4 Å². The van der Waals surface area contributed by atoms with E-state index in [2.05, 4.69) is 15.0 Å². The molecule has 0 fully saturated rings. The molecule has 3 rings (SSSR count). The molecule has 0 spiro atoms. The van der Waals surface area contributed by atoms with Crippen LogP contribution in [0.2, 0.25) is 0 Å². The molecule has 27 heavy (non-hydrogen) atoms. The van der Waals surface area contributed by atoms with Gasteiger partial charge >= 0.3 is 0 Å². The van der Waals surface area contributed by atoms with Gasteiger partial charge in [-0.2, -0.15) is 0 Å². The normalized spacial score (nSPS) is 11.3. The minimum Gasteiger partial charge on any atom is -0.322 e. The average Bonchev–Trinajstić information content (AvgIpc) is 2.68. The molecule has 2 N–H and O–H groups in total. The molecular weight excluding hydrogens is 362 g/mol. The van der Waals surface area contributed by atoms with E-state index in [1.165, 1.54) is 18.2 Å². The Balaban J connectivity index is 1.69. The predicted octanol–water partition coefficient (Wildman–Crippen LogP) is 3.53. The van der Waals surface area contributed by atoms with Crippen LogP contribution in [-0.2, 0) is 14.8 Å². The second-order valence-corrected chi connectivity index (χ2v) is 7.29. The van der Waals surface area contributed by atoms with Crippen LogP contribution in [0.15, 0.2) is 90.1 Å². The second-order valence-electron chi connectivity index (χ2n) is 5.61. The van der Waals surface area contributed by atoms with Gasteiger partial charge in [0.15, 0.2) is 0 Å². The van der Waals surface area contributed by atoms with E-state index in [-0.39, 0.29) is 10.8 Å². The highest BCUT2D eigenvalue weighted by Crippen LogP contribution is 2.19. The topological polar surface area (TPSA) is 88.2 Å². The molecule has 6 nitrogen and oxygen atoms in total. The van der Waals surface area contributed by atoms with Crippen molar-refractivity contribution in [3.05, 3.63) is 90.8 Å². The highest BCUT2D eigenvalue weighted by atomic mass is 32.2. The van der Waals surface area contributed by atoms with Crippen molar-refractivity contribution in [3.63, 3.8) is 0 Å². The van der Waals surface area contributed by atoms with Crippen LogP contribution in [-0.4, -0.2) is 19.3 Å². The summed E-state index contributed by atoms with van der Waals surface area (Å²) in [6.45, 7) is 0. The standard InChI is InChI=1S/C20H17N3O3S/c24-20(12-11-16-6-5-13-21-15-16)22-17-7-4-8-18(14-17)23-27(25,26)19-9-2-1-3-10-19/h1-15,23H,(H,22,24). The number of aromatic nitrogens is 1. The fourth-order valence-corrected chi connectivity index (χ4v) is 3.38. The van der Waals surface area contributed by atoms with Crippen molar-refractivity contribution in [1.29, 1.82) is 0 Å². The molecular formula is C20H17N3O3S. The van der Waals surface area contributed by atoms with Crippen LogP contribution in [0.5, 0.6) is 0 Å². The van der Waals surface area contributed by atoms with Crippen molar-refractivity contribution in [3.8, 4) is 0 Å². The lowest BCUT2D eigenvalue weighted by atomic mass is 10.2. The Morgan fingerprint density at radius 1 is 0.926 bits per heavy atom. The summed E-state index contributed by atoms with van der Waals surface area (Å²) in [5, 5.41) is 2.70. The number of sulfonamides is 1. The number of hydrogen-bond donors (Lipinski definition) is 2. The summed E-state index contributed by atoms with van der Waals surface area (Å²) < 4.78 is 27.3. The van der Waals surface area contributed by atoms with Gasteiger partial charge < -0.3 is 5.32 Å². The number of rotatable bonds is 6. The third-order valence-corrected chi connectivity index (χ3v) is 4.94. The molecule has 0 saturated carbocycles. The number of hydrogen-bond acceptors (Lipinski definition) is 4. The monoisotopic (exact) mass is 379 g/mol. The third-order valence-electron chi connectivity index (χ3n) is 3.55. The lowest BCUT2D eigenvalue weighted by Crippen LogP contribution is -2.13. The lowest BCUT2D eigenvalue weighted by molar-refractivity contribution is -0.111. The fraction of sp³-hybridized carbons (Fsp3) is 0. The molecule has 0 atom stereocenters. The number of benzene rings is 2. The van der Waals surface area contributed by atoms with Gasteiger partial charge in [-0.05, 0) is 48.0 Å². The van der Waals surface area contributed by atoms with Crippen molar-refractivity contribution < 1.29 is 13.2 Å². The zero-order chi connectivity index (χ0) is 19.1. The van der Waals surface area contributed by atoms with Crippen LogP contribution in [0.1, 0.15) is 5.56 Å². The van der Waals surface area contributed by atoms with E-state index >= 15 is 0 Å². The molecule has 1 aromatic heterocycles. The number of nitrogens with zero attached hydrogens (tertiary/aromatic N) is 1. The van der Waals surface area contributed by atoms with E-state index in [1.54, 1.807) is 67.0 Å². The van der Waals surface area contributed by atoms with Crippen LogP contribution in [0, 0.1) is 0 Å². The van der Waals surface area contributed by atoms with Gasteiger partial charge in [0.1, 0.15) is 0 Å². The molecule has 1 amide bonds. The van der Waals surface area contributed by atoms with Gasteiger partial charge in [0, 0.05) is 24.2 Å². The molecule has 7 heteroatoms. The molecule has 1 heterocycles. The van der Waals surface area contributed by atoms with Gasteiger partial charge in [-0.1, -0.05) is 30.3 Å². The molecule has 136 valence electrons. The second kappa shape index (κ2) is 8.29. The molecule has 2 aromatic carbocycles. The summed E-state index contributed by atoms with van der Waals surface area (Å²) >= 11 is 0.